The molecule has 5 N–H and O–H groups in total. The molecule has 2 rings (SSSR count). The number of hydrogen-bond donors (Lipinski definition) is 5. The summed E-state index contributed by atoms with van der Waals surface area (Å²) in [5.74, 6) is -4.53. The second kappa shape index (κ2) is 18.1. The quantitative estimate of drug-likeness (QED) is 0.186. The van der Waals surface area contributed by atoms with Crippen LogP contribution in [0.3, 0.4) is 0 Å². The molecular weight excluding hydrogens is 450 g/mol. The molecule has 0 aliphatic heterocycles. The number of benzene rings is 2. The molecule has 0 bridgehead atoms. The molecule has 0 spiro atoms. The lowest BCUT2D eigenvalue weighted by molar-refractivity contribution is -0.159. The number of hydrogen-bond acceptors (Lipinski definition) is 5. The highest BCUT2D eigenvalue weighted by atomic mass is 16.4. The summed E-state index contributed by atoms with van der Waals surface area (Å²) in [4.78, 5) is 29.7. The van der Waals surface area contributed by atoms with Gasteiger partial charge in [0.2, 0.25) is 0 Å². The van der Waals surface area contributed by atoms with Gasteiger partial charge in [0, 0.05) is 6.54 Å². The Balaban J connectivity index is 0.000000905. The van der Waals surface area contributed by atoms with Gasteiger partial charge in [-0.1, -0.05) is 79.9 Å². The minimum atomic E-state index is -1.82. The number of carbonyl (C=O) groups is 3. The fourth-order valence-corrected chi connectivity index (χ4v) is 3.61. The number of nitrogens with one attached hydrogen (secondary N) is 1. The van der Waals surface area contributed by atoms with Crippen molar-refractivity contribution in [3.8, 4) is 0 Å². The summed E-state index contributed by atoms with van der Waals surface area (Å²) < 4.78 is 0. The lowest BCUT2D eigenvalue weighted by Crippen LogP contribution is -2.22. The van der Waals surface area contributed by atoms with Crippen LogP contribution in [0.25, 0.3) is 0 Å². The maximum Gasteiger partial charge on any atom is 0.414 e. The Bertz CT molecular complexity index is 846. The minimum absolute atomic E-state index is 0.224. The average Bonchev–Trinajstić information content (AvgIpc) is 2.85. The van der Waals surface area contributed by atoms with Crippen molar-refractivity contribution < 1.29 is 34.8 Å². The molecule has 0 amide bonds. The van der Waals surface area contributed by atoms with Gasteiger partial charge >= 0.3 is 17.9 Å². The van der Waals surface area contributed by atoms with E-state index in [0.29, 0.717) is 6.54 Å². The van der Waals surface area contributed by atoms with E-state index in [0.717, 1.165) is 63.5 Å². The third-order valence-corrected chi connectivity index (χ3v) is 5.57. The first-order valence-electron chi connectivity index (χ1n) is 12.0. The molecule has 2 atom stereocenters. The Morgan fingerprint density at radius 3 is 1.83 bits per heavy atom. The van der Waals surface area contributed by atoms with Crippen molar-refractivity contribution in [1.82, 2.24) is 5.32 Å². The van der Waals surface area contributed by atoms with E-state index in [-0.39, 0.29) is 5.92 Å². The van der Waals surface area contributed by atoms with Gasteiger partial charge < -0.3 is 25.7 Å². The number of unbranched alkanes of at least 4 members (excludes halogenated alkanes) is 3. The van der Waals surface area contributed by atoms with Crippen LogP contribution in [-0.2, 0) is 20.8 Å². The highest BCUT2D eigenvalue weighted by Crippen LogP contribution is 2.18. The molecule has 0 saturated heterocycles. The first kappa shape index (κ1) is 29.8. The molecule has 0 fully saturated rings. The van der Waals surface area contributed by atoms with Gasteiger partial charge in [-0.2, -0.15) is 0 Å². The molecule has 8 heteroatoms. The van der Waals surface area contributed by atoms with Crippen LogP contribution in [0.1, 0.15) is 62.2 Å². The van der Waals surface area contributed by atoms with E-state index in [2.05, 4.69) is 17.4 Å². The molecule has 2 aromatic carbocycles. The molecule has 35 heavy (non-hydrogen) atoms. The van der Waals surface area contributed by atoms with E-state index in [9.17, 15) is 15.0 Å². The first-order chi connectivity index (χ1) is 16.8. The third-order valence-electron chi connectivity index (χ3n) is 5.57. The molecule has 192 valence electrons. The summed E-state index contributed by atoms with van der Waals surface area (Å²) in [5.41, 5.74) is 2.22. The van der Waals surface area contributed by atoms with Crippen molar-refractivity contribution in [1.29, 1.82) is 0 Å². The highest BCUT2D eigenvalue weighted by molar-refractivity contribution is 6.27. The molecule has 0 radical (unpaired) electrons. The zero-order valence-electron chi connectivity index (χ0n) is 20.0. The normalized spacial score (nSPS) is 12.1. The number of aryl methyl sites for hydroxylation is 1. The Kier molecular flexibility index (Phi) is 15.4. The minimum Gasteiger partial charge on any atom is -0.481 e. The van der Waals surface area contributed by atoms with Crippen molar-refractivity contribution in [3.63, 3.8) is 0 Å². The Morgan fingerprint density at radius 2 is 1.26 bits per heavy atom. The molecule has 0 heterocycles. The van der Waals surface area contributed by atoms with Gasteiger partial charge in [0.1, 0.15) is 0 Å². The van der Waals surface area contributed by atoms with Crippen LogP contribution >= 0.6 is 0 Å². The van der Waals surface area contributed by atoms with Gasteiger partial charge in [0.05, 0.1) is 12.0 Å². The fourth-order valence-electron chi connectivity index (χ4n) is 3.61. The molecule has 0 aromatic heterocycles. The first-order valence-corrected chi connectivity index (χ1v) is 12.0. The largest absolute Gasteiger partial charge is 0.481 e. The van der Waals surface area contributed by atoms with Crippen molar-refractivity contribution in [2.75, 3.05) is 13.1 Å². The van der Waals surface area contributed by atoms with E-state index >= 15 is 0 Å². The Hall–Kier alpha value is -3.23. The molecular formula is C27H37NO7. The molecule has 0 aliphatic rings. The van der Waals surface area contributed by atoms with E-state index in [1.807, 2.05) is 48.5 Å². The summed E-state index contributed by atoms with van der Waals surface area (Å²) in [6.45, 7) is 1.44. The monoisotopic (exact) mass is 487 g/mol. The molecule has 0 aliphatic carbocycles. The van der Waals surface area contributed by atoms with E-state index in [4.69, 9.17) is 19.8 Å². The number of carboxylic acids is 3. The number of aliphatic hydroxyl groups excluding tert-OH is 1. The van der Waals surface area contributed by atoms with Crippen LogP contribution in [0.4, 0.5) is 0 Å². The maximum atomic E-state index is 11.5. The second-order valence-electron chi connectivity index (χ2n) is 8.36. The Labute approximate surface area is 206 Å². The number of carboxylic acid groups (broad SMARTS) is 3. The van der Waals surface area contributed by atoms with Crippen molar-refractivity contribution in [2.24, 2.45) is 5.92 Å². The highest BCUT2D eigenvalue weighted by Gasteiger charge is 2.16. The van der Waals surface area contributed by atoms with Crippen LogP contribution < -0.4 is 5.32 Å². The van der Waals surface area contributed by atoms with Crippen molar-refractivity contribution in [3.05, 3.63) is 71.8 Å². The maximum absolute atomic E-state index is 11.5. The van der Waals surface area contributed by atoms with Gasteiger partial charge in [-0.05, 0) is 49.8 Å². The summed E-state index contributed by atoms with van der Waals surface area (Å²) in [5, 5.41) is 37.6. The van der Waals surface area contributed by atoms with E-state index in [1.165, 1.54) is 5.56 Å². The Morgan fingerprint density at radius 1 is 0.714 bits per heavy atom. The number of aliphatic hydroxyl groups is 1. The lowest BCUT2D eigenvalue weighted by Gasteiger charge is -2.13. The number of rotatable bonds is 15. The standard InChI is InChI=1S/C25H35NO3.C2H2O4/c27-24(22-15-8-4-9-16-22)20-26-19-10-2-1-7-17-23(25(28)29)18-11-14-21-12-5-3-6-13-21;3-1(4)2(5)6/h3-6,8-9,12-13,15-16,23-24,26-27H,1-2,7,10-11,14,17-20H2,(H,28,29);(H,3,4)(H,5,6). The van der Waals surface area contributed by atoms with Gasteiger partial charge in [-0.15, -0.1) is 0 Å². The van der Waals surface area contributed by atoms with Crippen LogP contribution in [0.2, 0.25) is 0 Å². The molecule has 2 unspecified atom stereocenters. The molecule has 8 nitrogen and oxygen atoms in total. The third kappa shape index (κ3) is 14.6. The predicted octanol–water partition coefficient (Wildman–Crippen LogP) is 4.14. The molecule has 0 saturated carbocycles. The van der Waals surface area contributed by atoms with E-state index in [1.54, 1.807) is 0 Å². The van der Waals surface area contributed by atoms with Gasteiger partial charge in [-0.3, -0.25) is 4.79 Å². The second-order valence-corrected chi connectivity index (χ2v) is 8.36. The zero-order chi connectivity index (χ0) is 25.9. The van der Waals surface area contributed by atoms with Crippen molar-refractivity contribution >= 4 is 17.9 Å². The van der Waals surface area contributed by atoms with Crippen LogP contribution in [0.5, 0.6) is 0 Å². The average molecular weight is 488 g/mol. The number of aliphatic carboxylic acids is 3. The summed E-state index contributed by atoms with van der Waals surface area (Å²) in [7, 11) is 0. The fraction of sp³-hybridized carbons (Fsp3) is 0.444. The van der Waals surface area contributed by atoms with Crippen LogP contribution in [0.15, 0.2) is 60.7 Å². The topological polar surface area (TPSA) is 144 Å². The zero-order valence-corrected chi connectivity index (χ0v) is 20.0. The van der Waals surface area contributed by atoms with Gasteiger partial charge in [0.25, 0.3) is 0 Å². The smallest absolute Gasteiger partial charge is 0.414 e. The van der Waals surface area contributed by atoms with Gasteiger partial charge in [0.15, 0.2) is 0 Å². The van der Waals surface area contributed by atoms with Gasteiger partial charge in [-0.25, -0.2) is 9.59 Å². The van der Waals surface area contributed by atoms with E-state index < -0.39 is 24.0 Å². The summed E-state index contributed by atoms with van der Waals surface area (Å²) in [6.07, 6.45) is 7.09. The van der Waals surface area contributed by atoms with Crippen LogP contribution in [-0.4, -0.2) is 51.4 Å². The SMILES string of the molecule is O=C(O)C(=O)O.O=C(O)C(CCCCCCNCC(O)c1ccccc1)CCCc1ccccc1. The molecule has 2 aromatic rings. The van der Waals surface area contributed by atoms with Crippen molar-refractivity contribution in [2.45, 2.75) is 57.5 Å². The lowest BCUT2D eigenvalue weighted by atomic mass is 9.94. The summed E-state index contributed by atoms with van der Waals surface area (Å²) in [6, 6.07) is 19.9. The van der Waals surface area contributed by atoms with Crippen LogP contribution in [0, 0.1) is 5.92 Å². The predicted molar refractivity (Wildman–Crippen MR) is 133 cm³/mol. The summed E-state index contributed by atoms with van der Waals surface area (Å²) >= 11 is 0.